The van der Waals surface area contributed by atoms with Gasteiger partial charge in [-0.3, -0.25) is 9.59 Å². The highest BCUT2D eigenvalue weighted by molar-refractivity contribution is 5.96. The van der Waals surface area contributed by atoms with Crippen molar-refractivity contribution in [3.63, 3.8) is 0 Å². The van der Waals surface area contributed by atoms with E-state index in [4.69, 9.17) is 0 Å². The summed E-state index contributed by atoms with van der Waals surface area (Å²) in [5.41, 5.74) is 1.48. The number of nitrogens with zero attached hydrogens (tertiary/aromatic N) is 1. The van der Waals surface area contributed by atoms with Crippen LogP contribution in [-0.4, -0.2) is 31.4 Å². The minimum Gasteiger partial charge on any atom is -0.370 e. The van der Waals surface area contributed by atoms with Crippen molar-refractivity contribution in [1.82, 2.24) is 5.32 Å². The molecule has 0 saturated carbocycles. The standard InChI is InChI=1S/C21H23F2N3O2/c22-15-8-9-16(17(23)14-15)21(28)24-11-10-20(27)25-18-6-2-3-7-19(18)26-12-4-1-5-13-26/h2-3,6-9,14H,1,4-5,10-13H2,(H,24,28)(H,25,27). The van der Waals surface area contributed by atoms with Crippen LogP contribution in [0.15, 0.2) is 42.5 Å². The molecule has 0 atom stereocenters. The van der Waals surface area contributed by atoms with Crippen molar-refractivity contribution >= 4 is 23.2 Å². The summed E-state index contributed by atoms with van der Waals surface area (Å²) < 4.78 is 26.5. The highest BCUT2D eigenvalue weighted by Gasteiger charge is 2.16. The Hall–Kier alpha value is -2.96. The van der Waals surface area contributed by atoms with Crippen LogP contribution in [0.1, 0.15) is 36.0 Å². The predicted molar refractivity (Wildman–Crippen MR) is 104 cm³/mol. The summed E-state index contributed by atoms with van der Waals surface area (Å²) in [4.78, 5) is 26.5. The van der Waals surface area contributed by atoms with Gasteiger partial charge in [0.2, 0.25) is 5.91 Å². The number of rotatable bonds is 6. The Morgan fingerprint density at radius 3 is 2.50 bits per heavy atom. The van der Waals surface area contributed by atoms with Crippen molar-refractivity contribution in [3.05, 3.63) is 59.7 Å². The molecule has 1 heterocycles. The van der Waals surface area contributed by atoms with E-state index < -0.39 is 17.5 Å². The molecule has 2 aromatic rings. The second-order valence-electron chi connectivity index (χ2n) is 6.74. The van der Waals surface area contributed by atoms with Crippen molar-refractivity contribution in [2.75, 3.05) is 29.9 Å². The smallest absolute Gasteiger partial charge is 0.254 e. The quantitative estimate of drug-likeness (QED) is 0.794. The molecule has 1 fully saturated rings. The molecule has 0 aromatic heterocycles. The van der Waals surface area contributed by atoms with Crippen LogP contribution in [-0.2, 0) is 4.79 Å². The molecule has 28 heavy (non-hydrogen) atoms. The van der Waals surface area contributed by atoms with Gasteiger partial charge in [-0.25, -0.2) is 8.78 Å². The van der Waals surface area contributed by atoms with Gasteiger partial charge < -0.3 is 15.5 Å². The molecule has 0 unspecified atom stereocenters. The van der Waals surface area contributed by atoms with Gasteiger partial charge in [-0.1, -0.05) is 12.1 Å². The lowest BCUT2D eigenvalue weighted by atomic mass is 10.1. The van der Waals surface area contributed by atoms with E-state index in [-0.39, 0.29) is 24.4 Å². The highest BCUT2D eigenvalue weighted by Crippen LogP contribution is 2.28. The van der Waals surface area contributed by atoms with Crippen LogP contribution in [0.2, 0.25) is 0 Å². The first-order valence-electron chi connectivity index (χ1n) is 9.41. The van der Waals surface area contributed by atoms with Gasteiger partial charge in [0.1, 0.15) is 11.6 Å². The molecule has 148 valence electrons. The van der Waals surface area contributed by atoms with E-state index >= 15 is 0 Å². The number of nitrogens with one attached hydrogen (secondary N) is 2. The Balaban J connectivity index is 1.53. The Morgan fingerprint density at radius 1 is 1.00 bits per heavy atom. The van der Waals surface area contributed by atoms with E-state index in [9.17, 15) is 18.4 Å². The van der Waals surface area contributed by atoms with E-state index in [1.165, 1.54) is 6.42 Å². The number of piperidine rings is 1. The van der Waals surface area contributed by atoms with Crippen LogP contribution in [0.3, 0.4) is 0 Å². The molecular formula is C21H23F2N3O2. The number of anilines is 2. The molecule has 5 nitrogen and oxygen atoms in total. The van der Waals surface area contributed by atoms with E-state index in [1.807, 2.05) is 24.3 Å². The lowest BCUT2D eigenvalue weighted by molar-refractivity contribution is -0.116. The van der Waals surface area contributed by atoms with Gasteiger partial charge >= 0.3 is 0 Å². The molecule has 1 saturated heterocycles. The average molecular weight is 387 g/mol. The molecule has 0 aliphatic carbocycles. The van der Waals surface area contributed by atoms with Gasteiger partial charge in [-0.2, -0.15) is 0 Å². The number of halogens is 2. The molecule has 2 N–H and O–H groups in total. The summed E-state index contributed by atoms with van der Waals surface area (Å²) in [7, 11) is 0. The first kappa shape index (κ1) is 19.8. The van der Waals surface area contributed by atoms with Crippen LogP contribution < -0.4 is 15.5 Å². The minimum absolute atomic E-state index is 0.0445. The summed E-state index contributed by atoms with van der Waals surface area (Å²) >= 11 is 0. The Bertz CT molecular complexity index is 851. The van der Waals surface area contributed by atoms with E-state index in [0.29, 0.717) is 6.07 Å². The normalized spacial score (nSPS) is 13.9. The zero-order valence-corrected chi connectivity index (χ0v) is 15.5. The first-order valence-corrected chi connectivity index (χ1v) is 9.41. The fourth-order valence-corrected chi connectivity index (χ4v) is 3.26. The summed E-state index contributed by atoms with van der Waals surface area (Å²) in [5, 5.41) is 5.37. The largest absolute Gasteiger partial charge is 0.370 e. The summed E-state index contributed by atoms with van der Waals surface area (Å²) in [6.07, 6.45) is 3.53. The van der Waals surface area contributed by atoms with Crippen molar-refractivity contribution in [2.45, 2.75) is 25.7 Å². The van der Waals surface area contributed by atoms with Gasteiger partial charge in [0, 0.05) is 32.1 Å². The average Bonchev–Trinajstić information content (AvgIpc) is 2.69. The van der Waals surface area contributed by atoms with Crippen LogP contribution in [0, 0.1) is 11.6 Å². The van der Waals surface area contributed by atoms with Gasteiger partial charge in [-0.15, -0.1) is 0 Å². The number of hydrogen-bond acceptors (Lipinski definition) is 3. The summed E-state index contributed by atoms with van der Waals surface area (Å²) in [5.74, 6) is -2.61. The minimum atomic E-state index is -0.933. The second kappa shape index (κ2) is 9.30. The third kappa shape index (κ3) is 5.06. The van der Waals surface area contributed by atoms with Gasteiger partial charge in [-0.05, 0) is 43.5 Å². The molecule has 0 spiro atoms. The Labute approximate surface area is 162 Å². The molecular weight excluding hydrogens is 364 g/mol. The van der Waals surface area contributed by atoms with Gasteiger partial charge in [0.25, 0.3) is 5.91 Å². The first-order chi connectivity index (χ1) is 13.5. The third-order valence-electron chi connectivity index (χ3n) is 4.69. The fourth-order valence-electron chi connectivity index (χ4n) is 3.26. The number of carbonyl (C=O) groups excluding carboxylic acids is 2. The molecule has 2 amide bonds. The molecule has 3 rings (SSSR count). The van der Waals surface area contributed by atoms with Crippen molar-refractivity contribution in [2.24, 2.45) is 0 Å². The molecule has 1 aliphatic rings. The number of amides is 2. The predicted octanol–water partition coefficient (Wildman–Crippen LogP) is 3.71. The molecule has 7 heteroatoms. The maximum absolute atomic E-state index is 13.6. The maximum atomic E-state index is 13.6. The molecule has 2 aromatic carbocycles. The second-order valence-corrected chi connectivity index (χ2v) is 6.74. The fraction of sp³-hybridized carbons (Fsp3) is 0.333. The zero-order chi connectivity index (χ0) is 19.9. The topological polar surface area (TPSA) is 61.4 Å². The maximum Gasteiger partial charge on any atom is 0.254 e. The van der Waals surface area contributed by atoms with Crippen LogP contribution in [0.5, 0.6) is 0 Å². The number of benzene rings is 2. The van der Waals surface area contributed by atoms with Gasteiger partial charge in [0.05, 0.1) is 16.9 Å². The molecule has 1 aliphatic heterocycles. The molecule has 0 bridgehead atoms. The zero-order valence-electron chi connectivity index (χ0n) is 15.5. The Kier molecular flexibility index (Phi) is 6.57. The highest BCUT2D eigenvalue weighted by atomic mass is 19.1. The number of para-hydroxylation sites is 2. The summed E-state index contributed by atoms with van der Waals surface area (Å²) in [6, 6.07) is 10.4. The van der Waals surface area contributed by atoms with Crippen molar-refractivity contribution < 1.29 is 18.4 Å². The van der Waals surface area contributed by atoms with E-state index in [1.54, 1.807) is 0 Å². The number of carbonyl (C=O) groups is 2. The molecule has 0 radical (unpaired) electrons. The lowest BCUT2D eigenvalue weighted by Gasteiger charge is -2.30. The van der Waals surface area contributed by atoms with Crippen LogP contribution in [0.25, 0.3) is 0 Å². The monoisotopic (exact) mass is 387 g/mol. The third-order valence-corrected chi connectivity index (χ3v) is 4.69. The number of hydrogen-bond donors (Lipinski definition) is 2. The van der Waals surface area contributed by atoms with E-state index in [2.05, 4.69) is 15.5 Å². The van der Waals surface area contributed by atoms with Crippen LogP contribution in [0.4, 0.5) is 20.2 Å². The van der Waals surface area contributed by atoms with Crippen molar-refractivity contribution in [3.8, 4) is 0 Å². The van der Waals surface area contributed by atoms with E-state index in [0.717, 1.165) is 49.4 Å². The van der Waals surface area contributed by atoms with Gasteiger partial charge in [0.15, 0.2) is 0 Å². The lowest BCUT2D eigenvalue weighted by Crippen LogP contribution is -2.31. The van der Waals surface area contributed by atoms with Crippen LogP contribution >= 0.6 is 0 Å². The van der Waals surface area contributed by atoms with Crippen molar-refractivity contribution in [1.29, 1.82) is 0 Å². The SMILES string of the molecule is O=C(CCNC(=O)c1ccc(F)cc1F)Nc1ccccc1N1CCCCC1. The Morgan fingerprint density at radius 2 is 1.75 bits per heavy atom. The summed E-state index contributed by atoms with van der Waals surface area (Å²) in [6.45, 7) is 1.98.